The van der Waals surface area contributed by atoms with Gasteiger partial charge in [0.05, 0.1) is 11.4 Å². The maximum atomic E-state index is 13.8. The normalized spacial score (nSPS) is 17.7. The minimum absolute atomic E-state index is 0.0767. The fourth-order valence-electron chi connectivity index (χ4n) is 2.75. The zero-order valence-electron chi connectivity index (χ0n) is 12.8. The molecule has 5 nitrogen and oxygen atoms in total. The van der Waals surface area contributed by atoms with Crippen LogP contribution in [0, 0.1) is 0 Å². The van der Waals surface area contributed by atoms with Crippen LogP contribution in [-0.4, -0.2) is 34.0 Å². The van der Waals surface area contributed by atoms with Crippen molar-refractivity contribution in [1.29, 1.82) is 0 Å². The third-order valence-electron chi connectivity index (χ3n) is 3.81. The average Bonchev–Trinajstić information content (AvgIpc) is 3.06. The van der Waals surface area contributed by atoms with Crippen molar-refractivity contribution in [2.45, 2.75) is 17.9 Å². The van der Waals surface area contributed by atoms with Gasteiger partial charge in [-0.3, -0.25) is 5.10 Å². The van der Waals surface area contributed by atoms with Gasteiger partial charge in [0.1, 0.15) is 0 Å². The fourth-order valence-corrected chi connectivity index (χ4v) is 2.75. The summed E-state index contributed by atoms with van der Waals surface area (Å²) in [5.41, 5.74) is -1.25. The summed E-state index contributed by atoms with van der Waals surface area (Å²) in [6.07, 6.45) is -10.6. The van der Waals surface area contributed by atoms with E-state index in [0.717, 1.165) is 12.3 Å². The summed E-state index contributed by atoms with van der Waals surface area (Å²) in [5, 5.41) is 7.96. The molecule has 0 bridgehead atoms. The van der Waals surface area contributed by atoms with E-state index >= 15 is 0 Å². The Balaban J connectivity index is 2.45. The Kier molecular flexibility index (Phi) is 3.97. The highest BCUT2D eigenvalue weighted by Crippen LogP contribution is 2.55. The average molecular weight is 375 g/mol. The van der Waals surface area contributed by atoms with Crippen LogP contribution in [0.1, 0.15) is 11.3 Å². The molecule has 2 aromatic rings. The van der Waals surface area contributed by atoms with E-state index in [2.05, 4.69) is 20.5 Å². The second-order valence-electron chi connectivity index (χ2n) is 5.41. The molecule has 0 aliphatic carbocycles. The lowest BCUT2D eigenvalue weighted by molar-refractivity contribution is -0.274. The zero-order chi connectivity index (χ0) is 19.2. The van der Waals surface area contributed by atoms with E-state index in [0.29, 0.717) is 0 Å². The van der Waals surface area contributed by atoms with Crippen LogP contribution in [-0.2, 0) is 0 Å². The van der Waals surface area contributed by atoms with Crippen LogP contribution in [0.15, 0.2) is 47.6 Å². The van der Waals surface area contributed by atoms with Crippen molar-refractivity contribution in [2.24, 2.45) is 10.7 Å². The third kappa shape index (κ3) is 2.59. The number of guanidine groups is 1. The van der Waals surface area contributed by atoms with Crippen LogP contribution in [0.25, 0.3) is 11.3 Å². The molecule has 1 aliphatic rings. The minimum atomic E-state index is -5.81. The first kappa shape index (κ1) is 17.8. The number of hydrogen-bond acceptors (Lipinski definition) is 4. The molecule has 0 spiro atoms. The van der Waals surface area contributed by atoms with Crippen LogP contribution in [0.2, 0.25) is 0 Å². The summed E-state index contributed by atoms with van der Waals surface area (Å²) in [6.45, 7) is 0. The van der Waals surface area contributed by atoms with Crippen molar-refractivity contribution in [3.05, 3.63) is 53.9 Å². The smallest absolute Gasteiger partial charge is 0.370 e. The molecule has 0 unspecified atom stereocenters. The highest BCUT2D eigenvalue weighted by Gasteiger charge is 2.75. The van der Waals surface area contributed by atoms with Crippen molar-refractivity contribution >= 4 is 17.2 Å². The summed E-state index contributed by atoms with van der Waals surface area (Å²) < 4.78 is 82.9. The maximum absolute atomic E-state index is 13.8. The summed E-state index contributed by atoms with van der Waals surface area (Å²) in [4.78, 5) is 2.80. The molecule has 26 heavy (non-hydrogen) atoms. The van der Waals surface area contributed by atoms with Crippen molar-refractivity contribution in [2.75, 3.05) is 0 Å². The largest absolute Gasteiger partial charge is 0.427 e. The van der Waals surface area contributed by atoms with Crippen LogP contribution >= 0.6 is 0 Å². The number of aromatic nitrogens is 2. The SMILES string of the molecule is NC1=NC(C(F)(F)F)(C(F)(F)F)C(c2ccn[nH]2)=C(c2ccccc2)N1. The predicted octanol–water partition coefficient (Wildman–Crippen LogP) is 3.06. The van der Waals surface area contributed by atoms with Gasteiger partial charge in [-0.15, -0.1) is 0 Å². The van der Waals surface area contributed by atoms with Gasteiger partial charge in [0.25, 0.3) is 5.54 Å². The summed E-state index contributed by atoms with van der Waals surface area (Å²) in [6, 6.07) is 8.23. The molecular weight excluding hydrogens is 364 g/mol. The van der Waals surface area contributed by atoms with E-state index in [-0.39, 0.29) is 5.56 Å². The topological polar surface area (TPSA) is 79.1 Å². The Morgan fingerprint density at radius 2 is 1.54 bits per heavy atom. The van der Waals surface area contributed by atoms with Crippen LogP contribution in [0.4, 0.5) is 26.3 Å². The van der Waals surface area contributed by atoms with E-state index in [1.54, 1.807) is 6.07 Å². The van der Waals surface area contributed by atoms with Crippen molar-refractivity contribution < 1.29 is 26.3 Å². The number of aliphatic imine (C=N–C) groups is 1. The summed E-state index contributed by atoms with van der Waals surface area (Å²) in [5.74, 6) is -0.998. The number of benzene rings is 1. The number of aromatic amines is 1. The first-order valence-electron chi connectivity index (χ1n) is 7.13. The Bertz CT molecular complexity index is 835. The maximum Gasteiger partial charge on any atom is 0.427 e. The minimum Gasteiger partial charge on any atom is -0.370 e. The van der Waals surface area contributed by atoms with Gasteiger partial charge in [-0.2, -0.15) is 31.4 Å². The molecule has 138 valence electrons. The Hall–Kier alpha value is -2.98. The Morgan fingerprint density at radius 3 is 2.04 bits per heavy atom. The van der Waals surface area contributed by atoms with Crippen molar-refractivity contribution in [1.82, 2.24) is 15.5 Å². The lowest BCUT2D eigenvalue weighted by Crippen LogP contribution is -2.60. The molecule has 0 fully saturated rings. The van der Waals surface area contributed by atoms with Gasteiger partial charge in [-0.1, -0.05) is 30.3 Å². The Morgan fingerprint density at radius 1 is 0.923 bits per heavy atom. The van der Waals surface area contributed by atoms with Gasteiger partial charge in [0.15, 0.2) is 5.96 Å². The molecule has 1 aromatic heterocycles. The molecule has 0 saturated heterocycles. The number of H-pyrrole nitrogens is 1. The van der Waals surface area contributed by atoms with Crippen molar-refractivity contribution in [3.63, 3.8) is 0 Å². The second kappa shape index (κ2) is 5.78. The number of nitrogens with one attached hydrogen (secondary N) is 2. The Labute approximate surface area is 142 Å². The number of rotatable bonds is 2. The molecule has 0 saturated carbocycles. The number of nitrogens with zero attached hydrogens (tertiary/aromatic N) is 2. The lowest BCUT2D eigenvalue weighted by Gasteiger charge is -2.39. The van der Waals surface area contributed by atoms with E-state index in [1.807, 2.05) is 0 Å². The number of alkyl halides is 6. The van der Waals surface area contributed by atoms with Gasteiger partial charge in [-0.05, 0) is 11.6 Å². The van der Waals surface area contributed by atoms with E-state index < -0.39 is 40.8 Å². The first-order valence-corrected chi connectivity index (χ1v) is 7.13. The van der Waals surface area contributed by atoms with Crippen LogP contribution < -0.4 is 11.1 Å². The molecule has 4 N–H and O–H groups in total. The van der Waals surface area contributed by atoms with Gasteiger partial charge in [0.2, 0.25) is 0 Å². The number of nitrogens with two attached hydrogens (primary N) is 1. The zero-order valence-corrected chi connectivity index (χ0v) is 12.8. The van der Waals surface area contributed by atoms with E-state index in [4.69, 9.17) is 5.73 Å². The predicted molar refractivity (Wildman–Crippen MR) is 81.4 cm³/mol. The highest BCUT2D eigenvalue weighted by molar-refractivity contribution is 6.04. The standard InChI is InChI=1S/C15H11F6N5/c16-14(17,18)13(15(19,20)21)10(9-6-7-23-26-9)11(24-12(22)25-13)8-4-2-1-3-5-8/h1-7H,(H,23,26)(H3,22,24,25). The van der Waals surface area contributed by atoms with Crippen LogP contribution in [0.5, 0.6) is 0 Å². The fraction of sp³-hybridized carbons (Fsp3) is 0.200. The third-order valence-corrected chi connectivity index (χ3v) is 3.81. The highest BCUT2D eigenvalue weighted by atomic mass is 19.4. The van der Waals surface area contributed by atoms with E-state index in [1.165, 1.54) is 24.3 Å². The number of hydrogen-bond donors (Lipinski definition) is 3. The van der Waals surface area contributed by atoms with Crippen molar-refractivity contribution in [3.8, 4) is 0 Å². The van der Waals surface area contributed by atoms with E-state index in [9.17, 15) is 26.3 Å². The lowest BCUT2D eigenvalue weighted by atomic mass is 9.82. The molecule has 3 rings (SSSR count). The molecule has 2 heterocycles. The quantitative estimate of drug-likeness (QED) is 0.706. The molecule has 11 heteroatoms. The second-order valence-corrected chi connectivity index (χ2v) is 5.41. The molecule has 0 radical (unpaired) electrons. The molecular formula is C15H11F6N5. The molecule has 1 aliphatic heterocycles. The summed E-state index contributed by atoms with van der Waals surface area (Å²) >= 11 is 0. The number of halogens is 6. The first-order chi connectivity index (χ1) is 12.1. The van der Waals surface area contributed by atoms with Gasteiger partial charge in [-0.25, -0.2) is 4.99 Å². The van der Waals surface area contributed by atoms with Gasteiger partial charge >= 0.3 is 12.4 Å². The van der Waals surface area contributed by atoms with Crippen LogP contribution in [0.3, 0.4) is 0 Å². The molecule has 1 aromatic carbocycles. The molecule has 0 atom stereocenters. The molecule has 0 amide bonds. The van der Waals surface area contributed by atoms with Gasteiger partial charge in [0, 0.05) is 11.8 Å². The summed E-state index contributed by atoms with van der Waals surface area (Å²) in [7, 11) is 0. The van der Waals surface area contributed by atoms with Gasteiger partial charge < -0.3 is 11.1 Å². The monoisotopic (exact) mass is 375 g/mol.